The van der Waals surface area contributed by atoms with Crippen LogP contribution in [-0.4, -0.2) is 10.9 Å². The highest BCUT2D eigenvalue weighted by Crippen LogP contribution is 2.31. The number of rotatable bonds is 4. The first-order valence-corrected chi connectivity index (χ1v) is 9.26. The normalized spacial score (nSPS) is 11.4. The number of hydrogen-bond acceptors (Lipinski definition) is 3. The fourth-order valence-electron chi connectivity index (χ4n) is 2.27. The Morgan fingerprint density at radius 3 is 2.48 bits per heavy atom. The SMILES string of the molecule is O=C(Cc1csc(-c2ccc(C(F)(F)F)cc2)n1)Nc1ccc(Br)cc1F. The molecule has 3 aromatic rings. The summed E-state index contributed by atoms with van der Waals surface area (Å²) < 4.78 is 52.1. The van der Waals surface area contributed by atoms with Crippen molar-refractivity contribution in [3.8, 4) is 10.6 Å². The van der Waals surface area contributed by atoms with Crippen molar-refractivity contribution < 1.29 is 22.4 Å². The summed E-state index contributed by atoms with van der Waals surface area (Å²) in [6.45, 7) is 0. The van der Waals surface area contributed by atoms with Gasteiger partial charge in [-0.2, -0.15) is 13.2 Å². The zero-order valence-electron chi connectivity index (χ0n) is 13.5. The number of carbonyl (C=O) groups is 1. The van der Waals surface area contributed by atoms with Crippen LogP contribution >= 0.6 is 27.3 Å². The van der Waals surface area contributed by atoms with Crippen LogP contribution in [-0.2, 0) is 17.4 Å². The number of nitrogens with one attached hydrogen (secondary N) is 1. The summed E-state index contributed by atoms with van der Waals surface area (Å²) in [4.78, 5) is 16.3. The summed E-state index contributed by atoms with van der Waals surface area (Å²) in [7, 11) is 0. The first kappa shape index (κ1) is 19.5. The van der Waals surface area contributed by atoms with Crippen LogP contribution in [0.25, 0.3) is 10.6 Å². The van der Waals surface area contributed by atoms with Crippen LogP contribution in [0, 0.1) is 5.82 Å². The quantitative estimate of drug-likeness (QED) is 0.493. The fourth-order valence-corrected chi connectivity index (χ4v) is 3.43. The molecule has 0 unspecified atom stereocenters. The third-order valence-corrected chi connectivity index (χ3v) is 4.99. The Bertz CT molecular complexity index is 970. The summed E-state index contributed by atoms with van der Waals surface area (Å²) in [6.07, 6.45) is -4.47. The van der Waals surface area contributed by atoms with Crippen molar-refractivity contribution in [2.24, 2.45) is 0 Å². The standard InChI is InChI=1S/C18H11BrF4N2OS/c19-12-5-6-15(14(20)7-12)25-16(26)8-13-9-27-17(24-13)10-1-3-11(4-2-10)18(21,22)23/h1-7,9H,8H2,(H,25,26). The molecule has 0 saturated heterocycles. The van der Waals surface area contributed by atoms with Crippen LogP contribution in [0.1, 0.15) is 11.3 Å². The molecule has 1 heterocycles. The summed E-state index contributed by atoms with van der Waals surface area (Å²) in [5.74, 6) is -1.01. The number of nitrogens with zero attached hydrogens (tertiary/aromatic N) is 1. The lowest BCUT2D eigenvalue weighted by atomic mass is 10.1. The molecule has 2 aromatic carbocycles. The van der Waals surface area contributed by atoms with E-state index >= 15 is 0 Å². The Hall–Kier alpha value is -2.26. The molecule has 3 nitrogen and oxygen atoms in total. The minimum atomic E-state index is -4.40. The maximum absolute atomic E-state index is 13.8. The molecule has 0 saturated carbocycles. The van der Waals surface area contributed by atoms with E-state index in [1.165, 1.54) is 35.6 Å². The van der Waals surface area contributed by atoms with E-state index < -0.39 is 23.5 Å². The van der Waals surface area contributed by atoms with Crippen molar-refractivity contribution >= 4 is 38.9 Å². The van der Waals surface area contributed by atoms with E-state index in [1.807, 2.05) is 0 Å². The molecule has 1 amide bonds. The molecule has 3 rings (SSSR count). The van der Waals surface area contributed by atoms with Crippen molar-refractivity contribution in [1.82, 2.24) is 4.98 Å². The van der Waals surface area contributed by atoms with Crippen molar-refractivity contribution in [1.29, 1.82) is 0 Å². The highest BCUT2D eigenvalue weighted by Gasteiger charge is 2.30. The maximum Gasteiger partial charge on any atom is 0.416 e. The summed E-state index contributed by atoms with van der Waals surface area (Å²) in [5.41, 5.74) is 0.295. The van der Waals surface area contributed by atoms with Crippen molar-refractivity contribution in [3.05, 3.63) is 69.4 Å². The minimum absolute atomic E-state index is 0.0568. The molecular weight excluding hydrogens is 448 g/mol. The number of amides is 1. The summed E-state index contributed by atoms with van der Waals surface area (Å²) >= 11 is 4.35. The number of anilines is 1. The lowest BCUT2D eigenvalue weighted by Crippen LogP contribution is -2.15. The first-order valence-electron chi connectivity index (χ1n) is 7.59. The van der Waals surface area contributed by atoms with Gasteiger partial charge in [0.25, 0.3) is 0 Å². The smallest absolute Gasteiger partial charge is 0.323 e. The van der Waals surface area contributed by atoms with E-state index in [-0.39, 0.29) is 12.1 Å². The van der Waals surface area contributed by atoms with Gasteiger partial charge in [-0.1, -0.05) is 28.1 Å². The third-order valence-electron chi connectivity index (χ3n) is 3.56. The van der Waals surface area contributed by atoms with Gasteiger partial charge in [-0.25, -0.2) is 9.37 Å². The lowest BCUT2D eigenvalue weighted by Gasteiger charge is -2.06. The van der Waals surface area contributed by atoms with Gasteiger partial charge in [0.1, 0.15) is 10.8 Å². The zero-order valence-corrected chi connectivity index (χ0v) is 15.9. The van der Waals surface area contributed by atoms with Gasteiger partial charge in [0.05, 0.1) is 23.4 Å². The van der Waals surface area contributed by atoms with Crippen LogP contribution < -0.4 is 5.32 Å². The summed E-state index contributed by atoms with van der Waals surface area (Å²) in [6, 6.07) is 8.92. The number of benzene rings is 2. The highest BCUT2D eigenvalue weighted by atomic mass is 79.9. The van der Waals surface area contributed by atoms with E-state index in [9.17, 15) is 22.4 Å². The molecule has 140 valence electrons. The van der Waals surface area contributed by atoms with E-state index in [4.69, 9.17) is 0 Å². The molecule has 0 aliphatic carbocycles. The first-order chi connectivity index (χ1) is 12.7. The van der Waals surface area contributed by atoms with Gasteiger partial charge in [0, 0.05) is 15.4 Å². The second-order valence-corrected chi connectivity index (χ2v) is 7.34. The van der Waals surface area contributed by atoms with Gasteiger partial charge < -0.3 is 5.32 Å². The van der Waals surface area contributed by atoms with Gasteiger partial charge in [0.15, 0.2) is 0 Å². The van der Waals surface area contributed by atoms with Gasteiger partial charge in [-0.3, -0.25) is 4.79 Å². The molecule has 27 heavy (non-hydrogen) atoms. The predicted octanol–water partition coefficient (Wildman–Crippen LogP) is 5.91. The zero-order chi connectivity index (χ0) is 19.6. The molecule has 0 aliphatic rings. The molecule has 0 atom stereocenters. The van der Waals surface area contributed by atoms with Crippen LogP contribution in [0.2, 0.25) is 0 Å². The molecule has 0 radical (unpaired) electrons. The average molecular weight is 459 g/mol. The van der Waals surface area contributed by atoms with Gasteiger partial charge in [0.2, 0.25) is 5.91 Å². The molecule has 0 spiro atoms. The second kappa shape index (κ2) is 7.77. The number of thiazole rings is 1. The average Bonchev–Trinajstić information content (AvgIpc) is 3.05. The third kappa shape index (κ3) is 4.92. The predicted molar refractivity (Wildman–Crippen MR) is 99.0 cm³/mol. The Kier molecular flexibility index (Phi) is 5.61. The van der Waals surface area contributed by atoms with E-state index in [2.05, 4.69) is 26.2 Å². The topological polar surface area (TPSA) is 42.0 Å². The number of hydrogen-bond donors (Lipinski definition) is 1. The highest BCUT2D eigenvalue weighted by molar-refractivity contribution is 9.10. The largest absolute Gasteiger partial charge is 0.416 e. The lowest BCUT2D eigenvalue weighted by molar-refractivity contribution is -0.137. The maximum atomic E-state index is 13.8. The minimum Gasteiger partial charge on any atom is -0.323 e. The summed E-state index contributed by atoms with van der Waals surface area (Å²) in [5, 5.41) is 4.61. The van der Waals surface area contributed by atoms with E-state index in [1.54, 1.807) is 11.4 Å². The number of halogens is 5. The van der Waals surface area contributed by atoms with Crippen LogP contribution in [0.5, 0.6) is 0 Å². The van der Waals surface area contributed by atoms with E-state index in [0.717, 1.165) is 12.1 Å². The molecule has 9 heteroatoms. The van der Waals surface area contributed by atoms with E-state index in [0.29, 0.717) is 20.7 Å². The molecule has 0 bridgehead atoms. The van der Waals surface area contributed by atoms with Crippen molar-refractivity contribution in [3.63, 3.8) is 0 Å². The number of carbonyl (C=O) groups excluding carboxylic acids is 1. The van der Waals surface area contributed by atoms with Crippen LogP contribution in [0.15, 0.2) is 52.3 Å². The number of aromatic nitrogens is 1. The Balaban J connectivity index is 1.68. The fraction of sp³-hybridized carbons (Fsp3) is 0.111. The van der Waals surface area contributed by atoms with Crippen LogP contribution in [0.4, 0.5) is 23.2 Å². The second-order valence-electron chi connectivity index (χ2n) is 5.57. The molecule has 0 fully saturated rings. The van der Waals surface area contributed by atoms with Crippen molar-refractivity contribution in [2.75, 3.05) is 5.32 Å². The Labute approximate surface area is 164 Å². The molecular formula is C18H11BrF4N2OS. The molecule has 0 aliphatic heterocycles. The van der Waals surface area contributed by atoms with Gasteiger partial charge >= 0.3 is 6.18 Å². The van der Waals surface area contributed by atoms with Crippen LogP contribution in [0.3, 0.4) is 0 Å². The molecule has 1 aromatic heterocycles. The van der Waals surface area contributed by atoms with Gasteiger partial charge in [-0.05, 0) is 30.3 Å². The molecule has 1 N–H and O–H groups in total. The Morgan fingerprint density at radius 1 is 1.15 bits per heavy atom. The monoisotopic (exact) mass is 458 g/mol. The Morgan fingerprint density at radius 2 is 1.85 bits per heavy atom. The number of alkyl halides is 3. The van der Waals surface area contributed by atoms with Gasteiger partial charge in [-0.15, -0.1) is 11.3 Å². The van der Waals surface area contributed by atoms with Crippen molar-refractivity contribution in [2.45, 2.75) is 12.6 Å².